The number of aromatic nitrogens is 4. The first-order valence-corrected chi connectivity index (χ1v) is 12.5. The number of rotatable bonds is 11. The lowest BCUT2D eigenvalue weighted by atomic mass is 10.3. The van der Waals surface area contributed by atoms with Crippen LogP contribution in [0, 0.1) is 6.92 Å². The molecule has 0 aliphatic heterocycles. The van der Waals surface area contributed by atoms with Crippen molar-refractivity contribution in [2.24, 2.45) is 0 Å². The molecule has 2 aromatic heterocycles. The molecule has 0 atom stereocenters. The standard InChI is InChI=1S/C21H22BrN5O4S2/c1-4-10-27-16(11-31-15-8-6-14(22)7-9-15)25-26-21(27)32-12-17(28)24-20-23-13(3)18(33-20)19(29)30-5-2/h4,6-9H,1,5,10-12H2,2-3H3,(H,23,24,28). The van der Waals surface area contributed by atoms with Crippen LogP contribution in [0.1, 0.15) is 28.1 Å². The van der Waals surface area contributed by atoms with Gasteiger partial charge in [0.1, 0.15) is 17.2 Å². The van der Waals surface area contributed by atoms with Crippen LogP contribution >= 0.6 is 39.0 Å². The number of carbonyl (C=O) groups is 2. The summed E-state index contributed by atoms with van der Waals surface area (Å²) in [5, 5.41) is 12.0. The van der Waals surface area contributed by atoms with Crippen molar-refractivity contribution in [3.8, 4) is 5.75 Å². The van der Waals surface area contributed by atoms with Gasteiger partial charge in [0.25, 0.3) is 0 Å². The van der Waals surface area contributed by atoms with Gasteiger partial charge in [-0.3, -0.25) is 9.36 Å². The number of thioether (sulfide) groups is 1. The fraction of sp³-hybridized carbons (Fsp3) is 0.286. The van der Waals surface area contributed by atoms with Gasteiger partial charge in [-0.15, -0.1) is 16.8 Å². The SMILES string of the molecule is C=CCn1c(COc2ccc(Br)cc2)nnc1SCC(=O)Nc1nc(C)c(C(=O)OCC)s1. The van der Waals surface area contributed by atoms with E-state index in [4.69, 9.17) is 9.47 Å². The number of ether oxygens (including phenoxy) is 2. The average molecular weight is 552 g/mol. The third kappa shape index (κ3) is 6.89. The van der Waals surface area contributed by atoms with Gasteiger partial charge in [0.15, 0.2) is 16.1 Å². The number of hydrogen-bond acceptors (Lipinski definition) is 9. The Labute approximate surface area is 207 Å². The van der Waals surface area contributed by atoms with Crippen LogP contribution in [0.5, 0.6) is 5.75 Å². The van der Waals surface area contributed by atoms with Crippen molar-refractivity contribution in [2.75, 3.05) is 17.7 Å². The lowest BCUT2D eigenvalue weighted by Crippen LogP contribution is -2.15. The highest BCUT2D eigenvalue weighted by atomic mass is 79.9. The number of carbonyl (C=O) groups excluding carboxylic acids is 2. The van der Waals surface area contributed by atoms with Crippen molar-refractivity contribution in [1.29, 1.82) is 0 Å². The molecule has 0 saturated carbocycles. The number of anilines is 1. The highest BCUT2D eigenvalue weighted by Crippen LogP contribution is 2.25. The summed E-state index contributed by atoms with van der Waals surface area (Å²) in [5.74, 6) is 0.704. The molecule has 174 valence electrons. The Bertz CT molecular complexity index is 1130. The van der Waals surface area contributed by atoms with Crippen molar-refractivity contribution in [3.05, 3.63) is 57.8 Å². The maximum Gasteiger partial charge on any atom is 0.350 e. The smallest absolute Gasteiger partial charge is 0.350 e. The minimum Gasteiger partial charge on any atom is -0.486 e. The largest absolute Gasteiger partial charge is 0.486 e. The molecular weight excluding hydrogens is 530 g/mol. The zero-order chi connectivity index (χ0) is 23.8. The van der Waals surface area contributed by atoms with Gasteiger partial charge in [-0.2, -0.15) is 0 Å². The molecule has 0 fully saturated rings. The molecule has 1 N–H and O–H groups in total. The highest BCUT2D eigenvalue weighted by Gasteiger charge is 2.19. The quantitative estimate of drug-likeness (QED) is 0.211. The fourth-order valence-corrected chi connectivity index (χ4v) is 4.55. The van der Waals surface area contributed by atoms with E-state index >= 15 is 0 Å². The molecule has 1 aromatic carbocycles. The lowest BCUT2D eigenvalue weighted by Gasteiger charge is -2.09. The minimum atomic E-state index is -0.446. The van der Waals surface area contributed by atoms with Gasteiger partial charge >= 0.3 is 5.97 Å². The number of thiazole rings is 1. The summed E-state index contributed by atoms with van der Waals surface area (Å²) >= 11 is 5.71. The van der Waals surface area contributed by atoms with Crippen LogP contribution in [0.25, 0.3) is 0 Å². The number of allylic oxidation sites excluding steroid dienone is 1. The Kier molecular flexibility index (Phi) is 9.03. The second kappa shape index (κ2) is 12.0. The summed E-state index contributed by atoms with van der Waals surface area (Å²) in [4.78, 5) is 29.0. The minimum absolute atomic E-state index is 0.0935. The second-order valence-corrected chi connectivity index (χ2v) is 9.39. The van der Waals surface area contributed by atoms with Gasteiger partial charge in [0.2, 0.25) is 5.91 Å². The van der Waals surface area contributed by atoms with Gasteiger partial charge in [0.05, 0.1) is 18.1 Å². The molecular formula is C21H22BrN5O4S2. The monoisotopic (exact) mass is 551 g/mol. The molecule has 9 nitrogen and oxygen atoms in total. The highest BCUT2D eigenvalue weighted by molar-refractivity contribution is 9.10. The van der Waals surface area contributed by atoms with E-state index in [2.05, 4.69) is 43.0 Å². The predicted molar refractivity (Wildman–Crippen MR) is 131 cm³/mol. The summed E-state index contributed by atoms with van der Waals surface area (Å²) in [7, 11) is 0. The van der Waals surface area contributed by atoms with Crippen LogP contribution in [0.4, 0.5) is 5.13 Å². The molecule has 12 heteroatoms. The molecule has 0 radical (unpaired) electrons. The summed E-state index contributed by atoms with van der Waals surface area (Å²) in [5.41, 5.74) is 0.516. The molecule has 0 bridgehead atoms. The van der Waals surface area contributed by atoms with Gasteiger partial charge in [-0.1, -0.05) is 45.1 Å². The molecule has 1 amide bonds. The zero-order valence-electron chi connectivity index (χ0n) is 18.0. The third-order valence-electron chi connectivity index (χ3n) is 4.12. The number of aryl methyl sites for hydroxylation is 1. The first-order chi connectivity index (χ1) is 15.9. The average Bonchev–Trinajstić information content (AvgIpc) is 3.35. The van der Waals surface area contributed by atoms with Crippen molar-refractivity contribution in [2.45, 2.75) is 32.2 Å². The van der Waals surface area contributed by atoms with Crippen LogP contribution in [0.2, 0.25) is 0 Å². The van der Waals surface area contributed by atoms with E-state index in [0.717, 1.165) is 15.8 Å². The molecule has 2 heterocycles. The normalized spacial score (nSPS) is 10.6. The fourth-order valence-electron chi connectivity index (χ4n) is 2.65. The van der Waals surface area contributed by atoms with Crippen LogP contribution in [-0.2, 0) is 22.7 Å². The second-order valence-electron chi connectivity index (χ2n) is 6.53. The van der Waals surface area contributed by atoms with E-state index in [9.17, 15) is 9.59 Å². The number of esters is 1. The summed E-state index contributed by atoms with van der Waals surface area (Å²) < 4.78 is 13.6. The number of hydrogen-bond donors (Lipinski definition) is 1. The number of nitrogens with zero attached hydrogens (tertiary/aromatic N) is 4. The molecule has 0 saturated heterocycles. The number of halogens is 1. The van der Waals surface area contributed by atoms with Crippen LogP contribution < -0.4 is 10.1 Å². The van der Waals surface area contributed by atoms with Crippen molar-refractivity contribution >= 4 is 56.0 Å². The van der Waals surface area contributed by atoms with E-state index in [0.29, 0.717) is 39.0 Å². The van der Waals surface area contributed by atoms with Crippen molar-refractivity contribution in [1.82, 2.24) is 19.7 Å². The van der Waals surface area contributed by atoms with Crippen LogP contribution in [0.3, 0.4) is 0 Å². The van der Waals surface area contributed by atoms with Gasteiger partial charge in [0, 0.05) is 11.0 Å². The Morgan fingerprint density at radius 3 is 2.76 bits per heavy atom. The number of nitrogens with one attached hydrogen (secondary N) is 1. The predicted octanol–water partition coefficient (Wildman–Crippen LogP) is 4.48. The molecule has 3 aromatic rings. The third-order valence-corrected chi connectivity index (χ3v) is 6.67. The maximum atomic E-state index is 12.4. The van der Waals surface area contributed by atoms with E-state index in [1.807, 2.05) is 28.8 Å². The molecule has 0 spiro atoms. The zero-order valence-corrected chi connectivity index (χ0v) is 21.3. The first-order valence-electron chi connectivity index (χ1n) is 9.89. The molecule has 0 unspecified atom stereocenters. The van der Waals surface area contributed by atoms with Gasteiger partial charge in [-0.25, -0.2) is 9.78 Å². The Hall–Kier alpha value is -2.70. The van der Waals surface area contributed by atoms with Gasteiger partial charge in [-0.05, 0) is 38.1 Å². The van der Waals surface area contributed by atoms with Crippen molar-refractivity contribution < 1.29 is 19.1 Å². The number of benzene rings is 1. The van der Waals surface area contributed by atoms with Crippen LogP contribution in [-0.4, -0.2) is 44.0 Å². The molecule has 0 aliphatic carbocycles. The van der Waals surface area contributed by atoms with E-state index < -0.39 is 5.97 Å². The van der Waals surface area contributed by atoms with E-state index in [1.54, 1.807) is 19.9 Å². The van der Waals surface area contributed by atoms with Crippen molar-refractivity contribution in [3.63, 3.8) is 0 Å². The molecule has 3 rings (SSSR count). The Morgan fingerprint density at radius 2 is 2.06 bits per heavy atom. The Morgan fingerprint density at radius 1 is 1.30 bits per heavy atom. The summed E-state index contributed by atoms with van der Waals surface area (Å²) in [6.45, 7) is 8.19. The van der Waals surface area contributed by atoms with Crippen LogP contribution in [0.15, 0.2) is 46.5 Å². The topological polar surface area (TPSA) is 108 Å². The molecule has 33 heavy (non-hydrogen) atoms. The first kappa shape index (κ1) is 24.9. The van der Waals surface area contributed by atoms with Gasteiger partial charge < -0.3 is 14.8 Å². The lowest BCUT2D eigenvalue weighted by molar-refractivity contribution is -0.113. The summed E-state index contributed by atoms with van der Waals surface area (Å²) in [6, 6.07) is 7.49. The summed E-state index contributed by atoms with van der Waals surface area (Å²) in [6.07, 6.45) is 1.73. The van der Waals surface area contributed by atoms with E-state index in [-0.39, 0.29) is 24.9 Å². The maximum absolute atomic E-state index is 12.4. The number of amides is 1. The van der Waals surface area contributed by atoms with E-state index in [1.165, 1.54) is 11.8 Å². The molecule has 0 aliphatic rings. The Balaban J connectivity index is 1.59.